The summed E-state index contributed by atoms with van der Waals surface area (Å²) in [7, 11) is 4.43. The number of ether oxygens (including phenoxy) is 3. The Morgan fingerprint density at radius 3 is 2.07 bits per heavy atom. The third-order valence-corrected chi connectivity index (χ3v) is 5.10. The zero-order valence-electron chi connectivity index (χ0n) is 16.4. The fourth-order valence-corrected chi connectivity index (χ4v) is 3.55. The standard InChI is InChI=1S/C21H22F3NO4/c1-27-17-10-15(11-18(28-2)19(17)29-3)20(26)25-9-8-14(12-25)13-4-6-16(7-5-13)21(22,23)24/h4-7,10-11,14H,8-9,12H2,1-3H3. The molecule has 1 saturated heterocycles. The second-order valence-electron chi connectivity index (χ2n) is 6.77. The van der Waals surface area contributed by atoms with Crippen LogP contribution < -0.4 is 14.2 Å². The van der Waals surface area contributed by atoms with Crippen LogP contribution in [0.5, 0.6) is 17.2 Å². The number of alkyl halides is 3. The minimum Gasteiger partial charge on any atom is -0.493 e. The van der Waals surface area contributed by atoms with Gasteiger partial charge in [0, 0.05) is 24.6 Å². The molecule has 1 heterocycles. The average Bonchev–Trinajstić information content (AvgIpc) is 3.21. The van der Waals surface area contributed by atoms with Crippen molar-refractivity contribution in [3.8, 4) is 17.2 Å². The molecular weight excluding hydrogens is 387 g/mol. The molecular formula is C21H22F3NO4. The lowest BCUT2D eigenvalue weighted by Gasteiger charge is -2.19. The summed E-state index contributed by atoms with van der Waals surface area (Å²) >= 11 is 0. The van der Waals surface area contributed by atoms with Gasteiger partial charge in [-0.1, -0.05) is 12.1 Å². The Morgan fingerprint density at radius 2 is 1.59 bits per heavy atom. The van der Waals surface area contributed by atoms with Crippen LogP contribution in [0, 0.1) is 0 Å². The number of hydrogen-bond donors (Lipinski definition) is 0. The quantitative estimate of drug-likeness (QED) is 0.736. The first kappa shape index (κ1) is 20.8. The summed E-state index contributed by atoms with van der Waals surface area (Å²) in [4.78, 5) is 14.7. The SMILES string of the molecule is COc1cc(C(=O)N2CCC(c3ccc(C(F)(F)F)cc3)C2)cc(OC)c1OC. The third kappa shape index (κ3) is 4.26. The summed E-state index contributed by atoms with van der Waals surface area (Å²) in [5, 5.41) is 0. The molecule has 1 atom stereocenters. The number of halogens is 3. The number of hydrogen-bond acceptors (Lipinski definition) is 4. The molecule has 0 bridgehead atoms. The molecule has 2 aromatic rings. The normalized spacial score (nSPS) is 16.6. The minimum atomic E-state index is -4.36. The van der Waals surface area contributed by atoms with Gasteiger partial charge in [0.15, 0.2) is 11.5 Å². The van der Waals surface area contributed by atoms with Crippen LogP contribution in [0.2, 0.25) is 0 Å². The highest BCUT2D eigenvalue weighted by Crippen LogP contribution is 2.39. The molecule has 3 rings (SSSR count). The fourth-order valence-electron chi connectivity index (χ4n) is 3.55. The van der Waals surface area contributed by atoms with Crippen LogP contribution in [0.1, 0.15) is 33.8 Å². The molecule has 0 aromatic heterocycles. The molecule has 2 aromatic carbocycles. The van der Waals surface area contributed by atoms with E-state index in [0.29, 0.717) is 42.3 Å². The monoisotopic (exact) mass is 409 g/mol. The molecule has 1 aliphatic heterocycles. The first-order chi connectivity index (χ1) is 13.8. The lowest BCUT2D eigenvalue weighted by molar-refractivity contribution is -0.137. The van der Waals surface area contributed by atoms with Gasteiger partial charge in [0.2, 0.25) is 5.75 Å². The summed E-state index contributed by atoms with van der Waals surface area (Å²) in [6.07, 6.45) is -3.68. The first-order valence-electron chi connectivity index (χ1n) is 9.05. The number of amides is 1. The van der Waals surface area contributed by atoms with E-state index in [9.17, 15) is 18.0 Å². The maximum Gasteiger partial charge on any atom is 0.416 e. The van der Waals surface area contributed by atoms with Crippen LogP contribution in [0.15, 0.2) is 36.4 Å². The van der Waals surface area contributed by atoms with Gasteiger partial charge in [0.05, 0.1) is 26.9 Å². The lowest BCUT2D eigenvalue weighted by atomic mass is 9.97. The fraction of sp³-hybridized carbons (Fsp3) is 0.381. The average molecular weight is 409 g/mol. The second-order valence-corrected chi connectivity index (χ2v) is 6.77. The maximum atomic E-state index is 13.0. The Bertz CT molecular complexity index is 855. The summed E-state index contributed by atoms with van der Waals surface area (Å²) < 4.78 is 54.1. The zero-order valence-corrected chi connectivity index (χ0v) is 16.4. The van der Waals surface area contributed by atoms with Gasteiger partial charge in [-0.2, -0.15) is 13.2 Å². The van der Waals surface area contributed by atoms with Crippen LogP contribution in [0.4, 0.5) is 13.2 Å². The van der Waals surface area contributed by atoms with Gasteiger partial charge < -0.3 is 19.1 Å². The van der Waals surface area contributed by atoms with E-state index in [1.54, 1.807) is 17.0 Å². The first-order valence-corrected chi connectivity index (χ1v) is 9.05. The molecule has 1 unspecified atom stereocenters. The van der Waals surface area contributed by atoms with Gasteiger partial charge in [-0.15, -0.1) is 0 Å². The molecule has 8 heteroatoms. The Morgan fingerprint density at radius 1 is 1.00 bits per heavy atom. The van der Waals surface area contributed by atoms with Crippen molar-refractivity contribution in [1.82, 2.24) is 4.90 Å². The van der Waals surface area contributed by atoms with Crippen molar-refractivity contribution in [3.63, 3.8) is 0 Å². The number of likely N-dealkylation sites (tertiary alicyclic amines) is 1. The highest BCUT2D eigenvalue weighted by molar-refractivity contribution is 5.96. The molecule has 0 N–H and O–H groups in total. The van der Waals surface area contributed by atoms with E-state index in [1.807, 2.05) is 0 Å². The summed E-state index contributed by atoms with van der Waals surface area (Å²) in [5.41, 5.74) is 0.510. The van der Waals surface area contributed by atoms with Crippen LogP contribution in [0.3, 0.4) is 0 Å². The molecule has 0 radical (unpaired) electrons. The Labute approximate surface area is 167 Å². The van der Waals surface area contributed by atoms with E-state index in [2.05, 4.69) is 0 Å². The van der Waals surface area contributed by atoms with Gasteiger partial charge in [-0.05, 0) is 36.2 Å². The number of carbonyl (C=O) groups excluding carboxylic acids is 1. The molecule has 1 amide bonds. The van der Waals surface area contributed by atoms with Gasteiger partial charge in [-0.3, -0.25) is 4.79 Å². The highest BCUT2D eigenvalue weighted by Gasteiger charge is 2.32. The van der Waals surface area contributed by atoms with Crippen molar-refractivity contribution in [1.29, 1.82) is 0 Å². The summed E-state index contributed by atoms with van der Waals surface area (Å²) in [5.74, 6) is 0.958. The van der Waals surface area contributed by atoms with Crippen LogP contribution in [0.25, 0.3) is 0 Å². The maximum absolute atomic E-state index is 13.0. The number of benzene rings is 2. The Kier molecular flexibility index (Phi) is 5.91. The third-order valence-electron chi connectivity index (χ3n) is 5.10. The molecule has 1 aliphatic rings. The van der Waals surface area contributed by atoms with Crippen molar-refractivity contribution in [2.24, 2.45) is 0 Å². The molecule has 5 nitrogen and oxygen atoms in total. The van der Waals surface area contributed by atoms with E-state index >= 15 is 0 Å². The largest absolute Gasteiger partial charge is 0.493 e. The number of rotatable bonds is 5. The molecule has 0 aliphatic carbocycles. The van der Waals surface area contributed by atoms with Crippen LogP contribution >= 0.6 is 0 Å². The van der Waals surface area contributed by atoms with E-state index in [4.69, 9.17) is 14.2 Å². The number of methoxy groups -OCH3 is 3. The molecule has 156 valence electrons. The smallest absolute Gasteiger partial charge is 0.416 e. The van der Waals surface area contributed by atoms with Crippen molar-refractivity contribution < 1.29 is 32.2 Å². The minimum absolute atomic E-state index is 0.0109. The molecule has 1 fully saturated rings. The van der Waals surface area contributed by atoms with Gasteiger partial charge in [0.1, 0.15) is 0 Å². The van der Waals surface area contributed by atoms with E-state index in [0.717, 1.165) is 17.7 Å². The predicted octanol–water partition coefficient (Wildman–Crippen LogP) is 4.36. The van der Waals surface area contributed by atoms with Crippen LogP contribution in [-0.2, 0) is 6.18 Å². The van der Waals surface area contributed by atoms with Crippen molar-refractivity contribution in [2.75, 3.05) is 34.4 Å². The van der Waals surface area contributed by atoms with Gasteiger partial charge in [0.25, 0.3) is 5.91 Å². The number of carbonyl (C=O) groups is 1. The molecule has 29 heavy (non-hydrogen) atoms. The van der Waals surface area contributed by atoms with E-state index in [-0.39, 0.29) is 11.8 Å². The van der Waals surface area contributed by atoms with Gasteiger partial charge >= 0.3 is 6.18 Å². The molecule has 0 saturated carbocycles. The predicted molar refractivity (Wildman–Crippen MR) is 101 cm³/mol. The zero-order chi connectivity index (χ0) is 21.2. The topological polar surface area (TPSA) is 48.0 Å². The van der Waals surface area contributed by atoms with Crippen molar-refractivity contribution in [2.45, 2.75) is 18.5 Å². The molecule has 0 spiro atoms. The Hall–Kier alpha value is -2.90. The highest BCUT2D eigenvalue weighted by atomic mass is 19.4. The summed E-state index contributed by atoms with van der Waals surface area (Å²) in [6, 6.07) is 8.32. The summed E-state index contributed by atoms with van der Waals surface area (Å²) in [6.45, 7) is 0.946. The van der Waals surface area contributed by atoms with Gasteiger partial charge in [-0.25, -0.2) is 0 Å². The lowest BCUT2D eigenvalue weighted by Crippen LogP contribution is -2.28. The van der Waals surface area contributed by atoms with Crippen molar-refractivity contribution >= 4 is 5.91 Å². The number of nitrogens with zero attached hydrogens (tertiary/aromatic N) is 1. The van der Waals surface area contributed by atoms with Crippen molar-refractivity contribution in [3.05, 3.63) is 53.1 Å². The Balaban J connectivity index is 1.77. The second kappa shape index (κ2) is 8.23. The van der Waals surface area contributed by atoms with E-state index < -0.39 is 11.7 Å². The van der Waals surface area contributed by atoms with E-state index in [1.165, 1.54) is 33.5 Å². The van der Waals surface area contributed by atoms with Crippen LogP contribution in [-0.4, -0.2) is 45.2 Å².